The third-order valence-electron chi connectivity index (χ3n) is 3.69. The summed E-state index contributed by atoms with van der Waals surface area (Å²) in [6, 6.07) is 5.76. The van der Waals surface area contributed by atoms with E-state index in [1.54, 1.807) is 6.20 Å². The Labute approximate surface area is 144 Å². The van der Waals surface area contributed by atoms with E-state index in [1.165, 1.54) is 14.2 Å². The van der Waals surface area contributed by atoms with Crippen LogP contribution in [-0.4, -0.2) is 45.5 Å². The minimum absolute atomic E-state index is 0.0703. The van der Waals surface area contributed by atoms with Gasteiger partial charge in [-0.05, 0) is 18.6 Å². The van der Waals surface area contributed by atoms with Crippen molar-refractivity contribution < 1.29 is 14.6 Å². The minimum atomic E-state index is 0.0703. The summed E-state index contributed by atoms with van der Waals surface area (Å²) in [5.74, 6) is 0.897. The van der Waals surface area contributed by atoms with Crippen LogP contribution >= 0.6 is 0 Å². The molecule has 0 atom stereocenters. The van der Waals surface area contributed by atoms with E-state index in [-0.39, 0.29) is 12.6 Å². The highest BCUT2D eigenvalue weighted by molar-refractivity contribution is 5.90. The molecule has 0 radical (unpaired) electrons. The number of nitrogens with one attached hydrogen (secondary N) is 1. The summed E-state index contributed by atoms with van der Waals surface area (Å²) in [4.78, 5) is 12.8. The number of para-hydroxylation sites is 1. The summed E-state index contributed by atoms with van der Waals surface area (Å²) in [7, 11) is 3.00. The largest absolute Gasteiger partial charge is 0.479 e. The molecule has 25 heavy (non-hydrogen) atoms. The SMILES string of the molecule is COc1ncc(Nc2nc3cccc(N)c3n2CCCO)c(OC)n1. The number of hydrogen-bond acceptors (Lipinski definition) is 8. The van der Waals surface area contributed by atoms with Crippen LogP contribution in [-0.2, 0) is 6.54 Å². The summed E-state index contributed by atoms with van der Waals surface area (Å²) in [6.45, 7) is 0.629. The van der Waals surface area contributed by atoms with Crippen molar-refractivity contribution in [1.29, 1.82) is 0 Å². The summed E-state index contributed by atoms with van der Waals surface area (Å²) < 4.78 is 12.2. The zero-order valence-electron chi connectivity index (χ0n) is 14.1. The Bertz CT molecular complexity index is 880. The lowest BCUT2D eigenvalue weighted by Crippen LogP contribution is -2.08. The Morgan fingerprint density at radius 2 is 2.08 bits per heavy atom. The fraction of sp³-hybridized carbons (Fsp3) is 0.312. The van der Waals surface area contributed by atoms with E-state index in [0.29, 0.717) is 36.2 Å². The minimum Gasteiger partial charge on any atom is -0.479 e. The molecule has 3 aromatic rings. The van der Waals surface area contributed by atoms with Gasteiger partial charge in [0.15, 0.2) is 0 Å². The molecular weight excluding hydrogens is 324 g/mol. The van der Waals surface area contributed by atoms with Crippen LogP contribution in [0, 0.1) is 0 Å². The van der Waals surface area contributed by atoms with Crippen LogP contribution in [0.1, 0.15) is 6.42 Å². The molecule has 1 aromatic carbocycles. The van der Waals surface area contributed by atoms with Crippen LogP contribution in [0.25, 0.3) is 11.0 Å². The second-order valence-electron chi connectivity index (χ2n) is 5.28. The standard InChI is InChI=1S/C16H20N6O3/c1-24-14-12(9-18-16(21-14)25-2)20-15-19-11-6-3-5-10(17)13(11)22(15)7-4-8-23/h3,5-6,9,23H,4,7-8,17H2,1-2H3,(H,19,20). The quantitative estimate of drug-likeness (QED) is 0.552. The molecule has 9 nitrogen and oxygen atoms in total. The molecule has 0 aliphatic carbocycles. The predicted octanol–water partition coefficient (Wildman–Crippen LogP) is 1.55. The maximum Gasteiger partial charge on any atom is 0.319 e. The van der Waals surface area contributed by atoms with Crippen molar-refractivity contribution in [3.63, 3.8) is 0 Å². The lowest BCUT2D eigenvalue weighted by atomic mass is 10.2. The Kier molecular flexibility index (Phi) is 4.85. The van der Waals surface area contributed by atoms with Crippen molar-refractivity contribution in [2.75, 3.05) is 31.9 Å². The third-order valence-corrected chi connectivity index (χ3v) is 3.69. The first-order valence-electron chi connectivity index (χ1n) is 7.75. The normalized spacial score (nSPS) is 10.8. The molecule has 2 heterocycles. The van der Waals surface area contributed by atoms with E-state index in [1.807, 2.05) is 22.8 Å². The summed E-state index contributed by atoms with van der Waals surface area (Å²) in [5, 5.41) is 12.4. The molecule has 0 saturated heterocycles. The molecule has 0 bridgehead atoms. The number of aliphatic hydroxyl groups excluding tert-OH is 1. The highest BCUT2D eigenvalue weighted by Crippen LogP contribution is 2.30. The lowest BCUT2D eigenvalue weighted by Gasteiger charge is -2.13. The molecule has 9 heteroatoms. The number of imidazole rings is 1. The van der Waals surface area contributed by atoms with E-state index in [2.05, 4.69) is 20.3 Å². The third kappa shape index (κ3) is 3.26. The molecule has 4 N–H and O–H groups in total. The lowest BCUT2D eigenvalue weighted by molar-refractivity contribution is 0.281. The van der Waals surface area contributed by atoms with Crippen molar-refractivity contribution in [2.45, 2.75) is 13.0 Å². The Balaban J connectivity index is 2.05. The number of methoxy groups -OCH3 is 2. The number of anilines is 3. The first kappa shape index (κ1) is 16.8. The molecule has 0 fully saturated rings. The van der Waals surface area contributed by atoms with Gasteiger partial charge >= 0.3 is 6.01 Å². The molecule has 2 aromatic heterocycles. The highest BCUT2D eigenvalue weighted by atomic mass is 16.5. The smallest absolute Gasteiger partial charge is 0.319 e. The van der Waals surface area contributed by atoms with Gasteiger partial charge in [0.2, 0.25) is 11.8 Å². The van der Waals surface area contributed by atoms with Gasteiger partial charge in [-0.25, -0.2) is 9.97 Å². The molecule has 0 spiro atoms. The number of hydrogen-bond donors (Lipinski definition) is 3. The summed E-state index contributed by atoms with van der Waals surface area (Å²) in [6.07, 6.45) is 2.13. The second-order valence-corrected chi connectivity index (χ2v) is 5.28. The Morgan fingerprint density at radius 1 is 1.24 bits per heavy atom. The van der Waals surface area contributed by atoms with Gasteiger partial charge in [0, 0.05) is 13.2 Å². The number of nitrogens with zero attached hydrogens (tertiary/aromatic N) is 4. The maximum atomic E-state index is 9.19. The van der Waals surface area contributed by atoms with Crippen molar-refractivity contribution >= 4 is 28.4 Å². The number of fused-ring (bicyclic) bond motifs is 1. The molecule has 0 aliphatic heterocycles. The number of benzene rings is 1. The van der Waals surface area contributed by atoms with E-state index in [9.17, 15) is 5.11 Å². The number of aryl methyl sites for hydroxylation is 1. The molecule has 0 aliphatic rings. The first-order valence-corrected chi connectivity index (χ1v) is 7.75. The molecule has 0 amide bonds. The zero-order valence-corrected chi connectivity index (χ0v) is 14.1. The second kappa shape index (κ2) is 7.22. The highest BCUT2D eigenvalue weighted by Gasteiger charge is 2.16. The van der Waals surface area contributed by atoms with Crippen LogP contribution in [0.15, 0.2) is 24.4 Å². The molecule has 0 unspecified atom stereocenters. The number of nitrogens with two attached hydrogens (primary N) is 1. The van der Waals surface area contributed by atoms with Gasteiger partial charge < -0.3 is 30.2 Å². The monoisotopic (exact) mass is 344 g/mol. The van der Waals surface area contributed by atoms with Crippen molar-refractivity contribution in [1.82, 2.24) is 19.5 Å². The molecule has 3 rings (SSSR count). The van der Waals surface area contributed by atoms with Crippen LogP contribution in [0.5, 0.6) is 11.9 Å². The van der Waals surface area contributed by atoms with Gasteiger partial charge in [-0.3, -0.25) is 0 Å². The number of nitrogen functional groups attached to an aromatic ring is 1. The van der Waals surface area contributed by atoms with Gasteiger partial charge in [0.05, 0.1) is 37.1 Å². The van der Waals surface area contributed by atoms with Crippen molar-refractivity contribution in [3.8, 4) is 11.9 Å². The van der Waals surface area contributed by atoms with Gasteiger partial charge in [-0.1, -0.05) is 6.07 Å². The van der Waals surface area contributed by atoms with Crippen LogP contribution in [0.3, 0.4) is 0 Å². The Morgan fingerprint density at radius 3 is 2.80 bits per heavy atom. The molecular formula is C16H20N6O3. The average molecular weight is 344 g/mol. The zero-order chi connectivity index (χ0) is 17.8. The van der Waals surface area contributed by atoms with Crippen molar-refractivity contribution in [2.24, 2.45) is 0 Å². The number of rotatable bonds is 7. The summed E-state index contributed by atoms with van der Waals surface area (Å²) >= 11 is 0. The van der Waals surface area contributed by atoms with Crippen molar-refractivity contribution in [3.05, 3.63) is 24.4 Å². The van der Waals surface area contributed by atoms with E-state index < -0.39 is 0 Å². The fourth-order valence-electron chi connectivity index (χ4n) is 2.57. The van der Waals surface area contributed by atoms with Gasteiger partial charge in [0.1, 0.15) is 5.69 Å². The van der Waals surface area contributed by atoms with E-state index >= 15 is 0 Å². The number of ether oxygens (including phenoxy) is 2. The predicted molar refractivity (Wildman–Crippen MR) is 94.3 cm³/mol. The summed E-state index contributed by atoms with van der Waals surface area (Å²) in [5.41, 5.74) is 8.85. The van der Waals surface area contributed by atoms with E-state index in [0.717, 1.165) is 11.0 Å². The van der Waals surface area contributed by atoms with Crippen LogP contribution in [0.4, 0.5) is 17.3 Å². The van der Waals surface area contributed by atoms with Crippen LogP contribution in [0.2, 0.25) is 0 Å². The first-order chi connectivity index (χ1) is 12.2. The maximum absolute atomic E-state index is 9.19. The van der Waals surface area contributed by atoms with Gasteiger partial charge in [-0.2, -0.15) is 4.98 Å². The molecule has 132 valence electrons. The number of aliphatic hydroxyl groups is 1. The van der Waals surface area contributed by atoms with Crippen LogP contribution < -0.4 is 20.5 Å². The van der Waals surface area contributed by atoms with Gasteiger partial charge in [0.25, 0.3) is 0 Å². The average Bonchev–Trinajstić information content (AvgIpc) is 2.98. The van der Waals surface area contributed by atoms with Gasteiger partial charge in [-0.15, -0.1) is 0 Å². The van der Waals surface area contributed by atoms with E-state index in [4.69, 9.17) is 15.2 Å². The fourth-order valence-corrected chi connectivity index (χ4v) is 2.57. The Hall–Kier alpha value is -3.07. The number of aromatic nitrogens is 4. The topological polar surface area (TPSA) is 120 Å². The molecule has 0 saturated carbocycles.